The highest BCUT2D eigenvalue weighted by atomic mass is 15.2. The van der Waals surface area contributed by atoms with Crippen LogP contribution >= 0.6 is 0 Å². The van der Waals surface area contributed by atoms with Gasteiger partial charge in [-0.25, -0.2) is 0 Å². The molecule has 1 aromatic rings. The van der Waals surface area contributed by atoms with E-state index in [2.05, 4.69) is 65.7 Å². The lowest BCUT2D eigenvalue weighted by molar-refractivity contribution is 0.614. The Balaban J connectivity index is 2.29. The molecule has 0 fully saturated rings. The molecule has 2 N–H and O–H groups in total. The minimum atomic E-state index is 0.616. The molecule has 0 aromatic heterocycles. The Morgan fingerprint density at radius 2 is 1.89 bits per heavy atom. The second-order valence-electron chi connectivity index (χ2n) is 5.03. The Hall–Kier alpha value is -1.71. The molecule has 0 saturated heterocycles. The zero-order valence-electron chi connectivity index (χ0n) is 12.5. The van der Waals surface area contributed by atoms with Crippen molar-refractivity contribution in [1.29, 1.82) is 0 Å². The molecule has 1 rings (SSSR count). The number of guanidine groups is 1. The summed E-state index contributed by atoms with van der Waals surface area (Å²) in [4.78, 5) is 6.43. The summed E-state index contributed by atoms with van der Waals surface area (Å²) in [6.45, 7) is 7.11. The molecule has 0 saturated carbocycles. The van der Waals surface area contributed by atoms with E-state index in [1.54, 1.807) is 7.05 Å². The molecular formula is C15H26N4. The Bertz CT molecular complexity index is 373. The minimum Gasteiger partial charge on any atom is -0.373 e. The normalized spacial score (nSPS) is 11.5. The SMILES string of the molecule is CN=C(NCCN(C)c1ccccc1)NCC(C)C. The lowest BCUT2D eigenvalue weighted by Crippen LogP contribution is -2.42. The van der Waals surface area contributed by atoms with E-state index in [4.69, 9.17) is 0 Å². The van der Waals surface area contributed by atoms with Crippen LogP contribution < -0.4 is 15.5 Å². The number of rotatable bonds is 6. The van der Waals surface area contributed by atoms with Crippen LogP contribution in [-0.4, -0.2) is 39.7 Å². The summed E-state index contributed by atoms with van der Waals surface area (Å²) in [6, 6.07) is 10.4. The molecule has 0 atom stereocenters. The van der Waals surface area contributed by atoms with E-state index in [1.165, 1.54) is 5.69 Å². The first-order chi connectivity index (χ1) is 9.13. The number of aliphatic imine (C=N–C) groups is 1. The van der Waals surface area contributed by atoms with Gasteiger partial charge in [0, 0.05) is 39.4 Å². The van der Waals surface area contributed by atoms with Crippen LogP contribution in [0.25, 0.3) is 0 Å². The maximum atomic E-state index is 4.21. The summed E-state index contributed by atoms with van der Waals surface area (Å²) in [5.41, 5.74) is 1.23. The third-order valence-corrected chi connectivity index (χ3v) is 2.84. The molecule has 4 nitrogen and oxygen atoms in total. The number of para-hydroxylation sites is 1. The Labute approximate surface area is 116 Å². The number of benzene rings is 1. The second-order valence-corrected chi connectivity index (χ2v) is 5.03. The fourth-order valence-electron chi connectivity index (χ4n) is 1.67. The van der Waals surface area contributed by atoms with Gasteiger partial charge >= 0.3 is 0 Å². The molecule has 0 aliphatic carbocycles. The Morgan fingerprint density at radius 3 is 2.47 bits per heavy atom. The van der Waals surface area contributed by atoms with Crippen molar-refractivity contribution >= 4 is 11.6 Å². The second kappa shape index (κ2) is 8.40. The fourth-order valence-corrected chi connectivity index (χ4v) is 1.67. The Morgan fingerprint density at radius 1 is 1.21 bits per heavy atom. The first-order valence-corrected chi connectivity index (χ1v) is 6.84. The zero-order chi connectivity index (χ0) is 14.1. The highest BCUT2D eigenvalue weighted by molar-refractivity contribution is 5.79. The van der Waals surface area contributed by atoms with Crippen molar-refractivity contribution in [3.63, 3.8) is 0 Å². The summed E-state index contributed by atoms with van der Waals surface area (Å²) in [7, 11) is 3.90. The van der Waals surface area contributed by atoms with E-state index in [0.29, 0.717) is 5.92 Å². The smallest absolute Gasteiger partial charge is 0.191 e. The molecule has 0 heterocycles. The van der Waals surface area contributed by atoms with Crippen LogP contribution in [0.4, 0.5) is 5.69 Å². The molecule has 0 radical (unpaired) electrons. The van der Waals surface area contributed by atoms with Gasteiger partial charge in [-0.15, -0.1) is 0 Å². The van der Waals surface area contributed by atoms with Gasteiger partial charge in [0.1, 0.15) is 0 Å². The molecule has 0 unspecified atom stereocenters. The molecule has 0 spiro atoms. The van der Waals surface area contributed by atoms with E-state index in [1.807, 2.05) is 6.07 Å². The third-order valence-electron chi connectivity index (χ3n) is 2.84. The number of nitrogens with one attached hydrogen (secondary N) is 2. The van der Waals surface area contributed by atoms with Crippen LogP contribution in [0.1, 0.15) is 13.8 Å². The van der Waals surface area contributed by atoms with Crippen molar-refractivity contribution in [1.82, 2.24) is 10.6 Å². The van der Waals surface area contributed by atoms with Crippen LogP contribution in [0.3, 0.4) is 0 Å². The average molecular weight is 262 g/mol. The maximum Gasteiger partial charge on any atom is 0.191 e. The molecule has 4 heteroatoms. The van der Waals surface area contributed by atoms with E-state index >= 15 is 0 Å². The van der Waals surface area contributed by atoms with Gasteiger partial charge in [0.2, 0.25) is 0 Å². The average Bonchev–Trinajstić information content (AvgIpc) is 2.43. The number of hydrogen-bond acceptors (Lipinski definition) is 2. The monoisotopic (exact) mass is 262 g/mol. The van der Waals surface area contributed by atoms with E-state index in [0.717, 1.165) is 25.6 Å². The molecule has 0 aliphatic heterocycles. The van der Waals surface area contributed by atoms with Crippen molar-refractivity contribution < 1.29 is 0 Å². The summed E-state index contributed by atoms with van der Waals surface area (Å²) >= 11 is 0. The van der Waals surface area contributed by atoms with Crippen molar-refractivity contribution in [2.45, 2.75) is 13.8 Å². The van der Waals surface area contributed by atoms with Gasteiger partial charge in [-0.05, 0) is 18.1 Å². The van der Waals surface area contributed by atoms with Gasteiger partial charge in [-0.2, -0.15) is 0 Å². The van der Waals surface area contributed by atoms with Gasteiger partial charge in [-0.3, -0.25) is 4.99 Å². The predicted molar refractivity (Wildman–Crippen MR) is 83.9 cm³/mol. The number of nitrogens with zero attached hydrogens (tertiary/aromatic N) is 2. The number of anilines is 1. The summed E-state index contributed by atoms with van der Waals surface area (Å²) in [5.74, 6) is 1.49. The first-order valence-electron chi connectivity index (χ1n) is 6.84. The highest BCUT2D eigenvalue weighted by Gasteiger charge is 2.01. The molecule has 0 amide bonds. The topological polar surface area (TPSA) is 39.7 Å². The molecule has 19 heavy (non-hydrogen) atoms. The van der Waals surface area contributed by atoms with Gasteiger partial charge in [0.25, 0.3) is 0 Å². The lowest BCUT2D eigenvalue weighted by atomic mass is 10.2. The standard InChI is InChI=1S/C15H26N4/c1-13(2)12-18-15(16-3)17-10-11-19(4)14-8-6-5-7-9-14/h5-9,13H,10-12H2,1-4H3,(H2,16,17,18). The first kappa shape index (κ1) is 15.3. The van der Waals surface area contributed by atoms with Crippen molar-refractivity contribution in [2.24, 2.45) is 10.9 Å². The van der Waals surface area contributed by atoms with Gasteiger partial charge in [0.05, 0.1) is 0 Å². The molecule has 0 bridgehead atoms. The van der Waals surface area contributed by atoms with Gasteiger partial charge in [-0.1, -0.05) is 32.0 Å². The largest absolute Gasteiger partial charge is 0.373 e. The van der Waals surface area contributed by atoms with Crippen LogP contribution in [-0.2, 0) is 0 Å². The number of hydrogen-bond donors (Lipinski definition) is 2. The van der Waals surface area contributed by atoms with E-state index < -0.39 is 0 Å². The fraction of sp³-hybridized carbons (Fsp3) is 0.533. The predicted octanol–water partition coefficient (Wildman–Crippen LogP) is 1.94. The summed E-state index contributed by atoms with van der Waals surface area (Å²) in [6.07, 6.45) is 0. The van der Waals surface area contributed by atoms with Gasteiger partial charge in [0.15, 0.2) is 5.96 Å². The lowest BCUT2D eigenvalue weighted by Gasteiger charge is -2.20. The van der Waals surface area contributed by atoms with Crippen LogP contribution in [0.15, 0.2) is 35.3 Å². The quantitative estimate of drug-likeness (QED) is 0.608. The summed E-state index contributed by atoms with van der Waals surface area (Å²) in [5, 5.41) is 6.63. The molecular weight excluding hydrogens is 236 g/mol. The van der Waals surface area contributed by atoms with Crippen molar-refractivity contribution in [3.8, 4) is 0 Å². The molecule has 106 valence electrons. The third kappa shape index (κ3) is 6.13. The van der Waals surface area contributed by atoms with Crippen molar-refractivity contribution in [2.75, 3.05) is 38.6 Å². The molecule has 0 aliphatic rings. The van der Waals surface area contributed by atoms with Crippen LogP contribution in [0.5, 0.6) is 0 Å². The minimum absolute atomic E-state index is 0.616. The maximum absolute atomic E-state index is 4.21. The van der Waals surface area contributed by atoms with E-state index in [9.17, 15) is 0 Å². The van der Waals surface area contributed by atoms with Crippen LogP contribution in [0, 0.1) is 5.92 Å². The van der Waals surface area contributed by atoms with Crippen molar-refractivity contribution in [3.05, 3.63) is 30.3 Å². The molecule has 1 aromatic carbocycles. The van der Waals surface area contributed by atoms with E-state index in [-0.39, 0.29) is 0 Å². The highest BCUT2D eigenvalue weighted by Crippen LogP contribution is 2.09. The summed E-state index contributed by atoms with van der Waals surface area (Å²) < 4.78 is 0. The number of likely N-dealkylation sites (N-methyl/N-ethyl adjacent to an activating group) is 1. The zero-order valence-corrected chi connectivity index (χ0v) is 12.5. The Kier molecular flexibility index (Phi) is 6.79. The van der Waals surface area contributed by atoms with Gasteiger partial charge < -0.3 is 15.5 Å². The van der Waals surface area contributed by atoms with Crippen LogP contribution in [0.2, 0.25) is 0 Å².